The highest BCUT2D eigenvalue weighted by Gasteiger charge is 2.34. The molecule has 2 atom stereocenters. The largest absolute Gasteiger partial charge is 0.346 e. The molecular weight excluding hydrogens is 432 g/mol. The number of amides is 1. The molecule has 2 aromatic heterocycles. The summed E-state index contributed by atoms with van der Waals surface area (Å²) in [7, 11) is -3.56. The minimum atomic E-state index is -3.56. The molecule has 0 saturated carbocycles. The second-order valence-corrected chi connectivity index (χ2v) is 11.5. The minimum Gasteiger partial charge on any atom is -0.346 e. The molecule has 166 valence electrons. The van der Waals surface area contributed by atoms with E-state index in [0.29, 0.717) is 23.6 Å². The van der Waals surface area contributed by atoms with Crippen LogP contribution in [0, 0.1) is 12.8 Å². The highest BCUT2D eigenvalue weighted by molar-refractivity contribution is 7.91. The van der Waals surface area contributed by atoms with Crippen molar-refractivity contribution in [1.29, 1.82) is 0 Å². The Bertz CT molecular complexity index is 1200. The van der Waals surface area contributed by atoms with Gasteiger partial charge in [-0.05, 0) is 57.9 Å². The molecule has 0 radical (unpaired) electrons. The van der Waals surface area contributed by atoms with Crippen molar-refractivity contribution in [2.75, 3.05) is 13.1 Å². The number of benzene rings is 1. The summed E-state index contributed by atoms with van der Waals surface area (Å²) in [6.07, 6.45) is 1.35. The Morgan fingerprint density at radius 3 is 2.77 bits per heavy atom. The number of piperidine rings is 1. The van der Waals surface area contributed by atoms with Gasteiger partial charge in [0.2, 0.25) is 5.91 Å². The lowest BCUT2D eigenvalue weighted by Crippen LogP contribution is -2.45. The van der Waals surface area contributed by atoms with Crippen LogP contribution < -0.4 is 5.32 Å². The van der Waals surface area contributed by atoms with E-state index in [2.05, 4.69) is 16.8 Å². The van der Waals surface area contributed by atoms with E-state index >= 15 is 0 Å². The van der Waals surface area contributed by atoms with Crippen LogP contribution >= 0.6 is 11.3 Å². The molecule has 9 heteroatoms. The summed E-state index contributed by atoms with van der Waals surface area (Å²) in [5, 5.41) is 3.08. The summed E-state index contributed by atoms with van der Waals surface area (Å²) < 4.78 is 29.9. The van der Waals surface area contributed by atoms with E-state index in [1.54, 1.807) is 6.07 Å². The Morgan fingerprint density at radius 2 is 2.06 bits per heavy atom. The molecule has 1 amide bonds. The number of nitrogens with one attached hydrogen (secondary N) is 1. The fraction of sp³-hybridized carbons (Fsp3) is 0.455. The maximum Gasteiger partial charge on any atom is 0.252 e. The molecule has 4 rings (SSSR count). The van der Waals surface area contributed by atoms with E-state index in [1.165, 1.54) is 15.6 Å². The van der Waals surface area contributed by atoms with Crippen LogP contribution in [0.1, 0.15) is 43.4 Å². The van der Waals surface area contributed by atoms with Crippen molar-refractivity contribution >= 4 is 38.3 Å². The molecule has 0 spiro atoms. The van der Waals surface area contributed by atoms with Gasteiger partial charge in [0.15, 0.2) is 0 Å². The van der Waals surface area contributed by atoms with E-state index < -0.39 is 10.0 Å². The maximum absolute atomic E-state index is 13.0. The number of carbonyl (C=O) groups excluding carboxylic acids is 1. The van der Waals surface area contributed by atoms with Gasteiger partial charge in [0.1, 0.15) is 10.0 Å². The summed E-state index contributed by atoms with van der Waals surface area (Å²) in [5.41, 5.74) is 1.95. The number of para-hydroxylation sites is 2. The predicted octanol–water partition coefficient (Wildman–Crippen LogP) is 3.70. The van der Waals surface area contributed by atoms with Crippen molar-refractivity contribution in [3.05, 3.63) is 47.1 Å². The van der Waals surface area contributed by atoms with Crippen LogP contribution in [0.3, 0.4) is 0 Å². The van der Waals surface area contributed by atoms with Crippen LogP contribution in [0.25, 0.3) is 11.0 Å². The van der Waals surface area contributed by atoms with Crippen molar-refractivity contribution in [2.45, 2.75) is 50.4 Å². The molecule has 7 nitrogen and oxygen atoms in total. The number of carbonyl (C=O) groups is 1. The Morgan fingerprint density at radius 1 is 1.29 bits per heavy atom. The van der Waals surface area contributed by atoms with Crippen molar-refractivity contribution in [1.82, 2.24) is 19.2 Å². The lowest BCUT2D eigenvalue weighted by molar-refractivity contribution is -0.126. The van der Waals surface area contributed by atoms with Crippen molar-refractivity contribution in [2.24, 2.45) is 5.92 Å². The highest BCUT2D eigenvalue weighted by Crippen LogP contribution is 2.29. The van der Waals surface area contributed by atoms with Crippen LogP contribution in [-0.2, 0) is 21.4 Å². The number of imidazole rings is 1. The molecule has 2 unspecified atom stereocenters. The third-order valence-electron chi connectivity index (χ3n) is 5.81. The Balaban J connectivity index is 1.48. The van der Waals surface area contributed by atoms with Crippen LogP contribution in [0.4, 0.5) is 0 Å². The van der Waals surface area contributed by atoms with Crippen LogP contribution in [-0.4, -0.2) is 41.3 Å². The Hall–Kier alpha value is -2.23. The number of thiophene rings is 1. The number of aryl methyl sites for hydroxylation is 2. The fourth-order valence-electron chi connectivity index (χ4n) is 4.21. The number of hydrogen-bond donors (Lipinski definition) is 1. The standard InChI is InChI=1S/C22H28N4O3S2/c1-4-26-19-10-6-5-9-18(19)24-21(26)16(3)23-22(27)17-8-7-13-25(14-17)31(28,29)20-12-11-15(2)30-20/h5-6,9-12,16-17H,4,7-8,13-14H2,1-3H3,(H,23,27). The summed E-state index contributed by atoms with van der Waals surface area (Å²) >= 11 is 1.27. The predicted molar refractivity (Wildman–Crippen MR) is 123 cm³/mol. The lowest BCUT2D eigenvalue weighted by Gasteiger charge is -2.31. The Labute approximate surface area is 187 Å². The van der Waals surface area contributed by atoms with Gasteiger partial charge >= 0.3 is 0 Å². The van der Waals surface area contributed by atoms with E-state index in [0.717, 1.165) is 28.3 Å². The molecule has 1 fully saturated rings. The van der Waals surface area contributed by atoms with Crippen molar-refractivity contribution < 1.29 is 13.2 Å². The van der Waals surface area contributed by atoms with Gasteiger partial charge in [-0.25, -0.2) is 13.4 Å². The van der Waals surface area contributed by atoms with Gasteiger partial charge in [-0.1, -0.05) is 12.1 Å². The molecule has 1 N–H and O–H groups in total. The van der Waals surface area contributed by atoms with Gasteiger partial charge in [0, 0.05) is 24.5 Å². The normalized spacial score (nSPS) is 18.9. The quantitative estimate of drug-likeness (QED) is 0.608. The molecule has 3 heterocycles. The Kier molecular flexibility index (Phi) is 6.18. The third-order valence-corrected chi connectivity index (χ3v) is 9.14. The first kappa shape index (κ1) is 22.0. The third kappa shape index (κ3) is 4.26. The smallest absolute Gasteiger partial charge is 0.252 e. The molecule has 1 saturated heterocycles. The molecule has 0 bridgehead atoms. The first-order valence-corrected chi connectivity index (χ1v) is 12.9. The molecule has 31 heavy (non-hydrogen) atoms. The monoisotopic (exact) mass is 460 g/mol. The average molecular weight is 461 g/mol. The van der Waals surface area contributed by atoms with Gasteiger partial charge in [-0.3, -0.25) is 4.79 Å². The SMILES string of the molecule is CCn1c(C(C)NC(=O)C2CCCN(S(=O)(=O)c3ccc(C)s3)C2)nc2ccccc21. The van der Waals surface area contributed by atoms with Crippen LogP contribution in [0.2, 0.25) is 0 Å². The maximum atomic E-state index is 13.0. The average Bonchev–Trinajstić information content (AvgIpc) is 3.37. The molecule has 0 aliphatic carbocycles. The van der Waals surface area contributed by atoms with E-state index in [-0.39, 0.29) is 24.4 Å². The molecule has 3 aromatic rings. The van der Waals surface area contributed by atoms with Crippen LogP contribution in [0.5, 0.6) is 0 Å². The summed E-state index contributed by atoms with van der Waals surface area (Å²) in [5.74, 6) is 0.322. The van der Waals surface area contributed by atoms with E-state index in [1.807, 2.05) is 44.2 Å². The number of sulfonamides is 1. The molecule has 1 aromatic carbocycles. The van der Waals surface area contributed by atoms with Gasteiger partial charge in [0.05, 0.1) is 23.0 Å². The summed E-state index contributed by atoms with van der Waals surface area (Å²) in [6, 6.07) is 11.1. The van der Waals surface area contributed by atoms with Gasteiger partial charge in [-0.15, -0.1) is 11.3 Å². The number of rotatable bonds is 6. The second kappa shape index (κ2) is 8.72. The molecule has 1 aliphatic heterocycles. The van der Waals surface area contributed by atoms with Crippen molar-refractivity contribution in [3.8, 4) is 0 Å². The number of aromatic nitrogens is 2. The van der Waals surface area contributed by atoms with E-state index in [9.17, 15) is 13.2 Å². The first-order valence-electron chi connectivity index (χ1n) is 10.6. The zero-order valence-corrected chi connectivity index (χ0v) is 19.7. The molecular formula is C22H28N4O3S2. The second-order valence-electron chi connectivity index (χ2n) is 8.00. The summed E-state index contributed by atoms with van der Waals surface area (Å²) in [4.78, 5) is 18.7. The zero-order chi connectivity index (χ0) is 22.2. The number of fused-ring (bicyclic) bond motifs is 1. The molecule has 1 aliphatic rings. The van der Waals surface area contributed by atoms with Gasteiger partial charge in [-0.2, -0.15) is 4.31 Å². The van der Waals surface area contributed by atoms with Crippen LogP contribution in [0.15, 0.2) is 40.6 Å². The topological polar surface area (TPSA) is 84.3 Å². The van der Waals surface area contributed by atoms with Crippen molar-refractivity contribution in [3.63, 3.8) is 0 Å². The van der Waals surface area contributed by atoms with E-state index in [4.69, 9.17) is 4.98 Å². The minimum absolute atomic E-state index is 0.121. The lowest BCUT2D eigenvalue weighted by atomic mass is 9.98. The van der Waals surface area contributed by atoms with Gasteiger partial charge in [0.25, 0.3) is 10.0 Å². The number of nitrogens with zero attached hydrogens (tertiary/aromatic N) is 3. The number of hydrogen-bond acceptors (Lipinski definition) is 5. The van der Waals surface area contributed by atoms with Gasteiger partial charge < -0.3 is 9.88 Å². The highest BCUT2D eigenvalue weighted by atomic mass is 32.2. The fourth-order valence-corrected chi connectivity index (χ4v) is 7.17. The first-order chi connectivity index (χ1) is 14.8. The summed E-state index contributed by atoms with van der Waals surface area (Å²) in [6.45, 7) is 7.29. The zero-order valence-electron chi connectivity index (χ0n) is 18.0.